The van der Waals surface area contributed by atoms with Crippen molar-refractivity contribution in [3.63, 3.8) is 0 Å². The quantitative estimate of drug-likeness (QED) is 0.781. The number of aryl methyl sites for hydroxylation is 1. The van der Waals surface area contributed by atoms with Gasteiger partial charge in [-0.25, -0.2) is 13.8 Å². The van der Waals surface area contributed by atoms with Crippen LogP contribution in [0.2, 0.25) is 0 Å². The van der Waals surface area contributed by atoms with Gasteiger partial charge in [0.15, 0.2) is 0 Å². The van der Waals surface area contributed by atoms with Gasteiger partial charge in [-0.1, -0.05) is 0 Å². The predicted molar refractivity (Wildman–Crippen MR) is 52.6 cm³/mol. The lowest BCUT2D eigenvalue weighted by atomic mass is 10.3. The molecular weight excluding hydrogens is 200 g/mol. The number of rotatable bonds is 1. The normalized spacial score (nSPS) is 10.6. The van der Waals surface area contributed by atoms with Crippen molar-refractivity contribution in [3.8, 4) is 5.69 Å². The third kappa shape index (κ3) is 1.68. The molecule has 0 saturated carbocycles. The average molecular weight is 209 g/mol. The molecule has 1 aromatic carbocycles. The molecule has 2 N–H and O–H groups in total. The van der Waals surface area contributed by atoms with Gasteiger partial charge >= 0.3 is 0 Å². The summed E-state index contributed by atoms with van der Waals surface area (Å²) < 4.78 is 27.4. The SMILES string of the molecule is Cc1cn(-c2ccc(F)cc2F)c(N)n1. The fourth-order valence-corrected chi connectivity index (χ4v) is 1.39. The van der Waals surface area contributed by atoms with Crippen LogP contribution in [0.4, 0.5) is 14.7 Å². The van der Waals surface area contributed by atoms with Crippen molar-refractivity contribution in [2.45, 2.75) is 6.92 Å². The van der Waals surface area contributed by atoms with Crippen molar-refractivity contribution < 1.29 is 8.78 Å². The van der Waals surface area contributed by atoms with E-state index < -0.39 is 11.6 Å². The lowest BCUT2D eigenvalue weighted by molar-refractivity contribution is 0.578. The molecule has 0 unspecified atom stereocenters. The van der Waals surface area contributed by atoms with Crippen LogP contribution in [0.25, 0.3) is 5.69 Å². The Bertz CT molecular complexity index is 505. The fraction of sp³-hybridized carbons (Fsp3) is 0.100. The van der Waals surface area contributed by atoms with E-state index in [1.807, 2.05) is 0 Å². The van der Waals surface area contributed by atoms with Crippen LogP contribution in [0.3, 0.4) is 0 Å². The number of nitrogen functional groups attached to an aromatic ring is 1. The van der Waals surface area contributed by atoms with E-state index in [0.29, 0.717) is 5.69 Å². The maximum absolute atomic E-state index is 13.4. The summed E-state index contributed by atoms with van der Waals surface area (Å²) in [5, 5.41) is 0. The highest BCUT2D eigenvalue weighted by Gasteiger charge is 2.09. The molecule has 0 aliphatic carbocycles. The molecule has 78 valence electrons. The first-order valence-electron chi connectivity index (χ1n) is 4.35. The number of imidazole rings is 1. The van der Waals surface area contributed by atoms with E-state index in [4.69, 9.17) is 5.73 Å². The van der Waals surface area contributed by atoms with Crippen LogP contribution in [0, 0.1) is 18.6 Å². The molecule has 0 fully saturated rings. The number of anilines is 1. The zero-order valence-electron chi connectivity index (χ0n) is 8.04. The van der Waals surface area contributed by atoms with E-state index in [-0.39, 0.29) is 11.6 Å². The maximum atomic E-state index is 13.4. The molecule has 5 heteroatoms. The van der Waals surface area contributed by atoms with Crippen LogP contribution in [0.5, 0.6) is 0 Å². The third-order valence-corrected chi connectivity index (χ3v) is 2.02. The van der Waals surface area contributed by atoms with E-state index in [1.54, 1.807) is 13.1 Å². The van der Waals surface area contributed by atoms with Gasteiger partial charge in [0, 0.05) is 12.3 Å². The molecule has 0 aliphatic heterocycles. The molecule has 0 radical (unpaired) electrons. The number of nitrogens with zero attached hydrogens (tertiary/aromatic N) is 2. The number of aromatic nitrogens is 2. The van der Waals surface area contributed by atoms with Gasteiger partial charge in [-0.3, -0.25) is 4.57 Å². The van der Waals surface area contributed by atoms with Gasteiger partial charge < -0.3 is 5.73 Å². The van der Waals surface area contributed by atoms with Gasteiger partial charge in [0.2, 0.25) is 5.95 Å². The summed E-state index contributed by atoms with van der Waals surface area (Å²) >= 11 is 0. The Morgan fingerprint density at radius 1 is 1.33 bits per heavy atom. The van der Waals surface area contributed by atoms with Crippen LogP contribution in [-0.4, -0.2) is 9.55 Å². The highest BCUT2D eigenvalue weighted by molar-refractivity contribution is 5.41. The average Bonchev–Trinajstić information content (AvgIpc) is 2.45. The first-order chi connectivity index (χ1) is 7.08. The standard InChI is InChI=1S/C10H9F2N3/c1-6-5-15(10(13)14-6)9-3-2-7(11)4-8(9)12/h2-5H,1H3,(H2,13,14). The van der Waals surface area contributed by atoms with Crippen LogP contribution in [0.1, 0.15) is 5.69 Å². The Balaban J connectivity index is 2.59. The van der Waals surface area contributed by atoms with E-state index in [0.717, 1.165) is 6.07 Å². The number of nitrogens with two attached hydrogens (primary N) is 1. The predicted octanol–water partition coefficient (Wildman–Crippen LogP) is 2.04. The summed E-state index contributed by atoms with van der Waals surface area (Å²) in [7, 11) is 0. The van der Waals surface area contributed by atoms with E-state index >= 15 is 0 Å². The summed E-state index contributed by atoms with van der Waals surface area (Å²) in [4.78, 5) is 3.93. The smallest absolute Gasteiger partial charge is 0.205 e. The Kier molecular flexibility index (Phi) is 2.15. The summed E-state index contributed by atoms with van der Waals surface area (Å²) in [6.45, 7) is 1.74. The Morgan fingerprint density at radius 3 is 2.60 bits per heavy atom. The Hall–Kier alpha value is -1.91. The summed E-state index contributed by atoms with van der Waals surface area (Å²) in [6, 6.07) is 3.30. The van der Waals surface area contributed by atoms with Gasteiger partial charge in [0.1, 0.15) is 11.6 Å². The minimum absolute atomic E-state index is 0.179. The molecular formula is C10H9F2N3. The molecule has 0 saturated heterocycles. The highest BCUT2D eigenvalue weighted by atomic mass is 19.1. The van der Waals surface area contributed by atoms with Crippen molar-refractivity contribution >= 4 is 5.95 Å². The number of halogens is 2. The minimum atomic E-state index is -0.667. The number of hydrogen-bond donors (Lipinski definition) is 1. The van der Waals surface area contributed by atoms with Crippen molar-refractivity contribution in [3.05, 3.63) is 41.7 Å². The van der Waals surface area contributed by atoms with E-state index in [1.165, 1.54) is 16.7 Å². The van der Waals surface area contributed by atoms with Crippen molar-refractivity contribution in [1.82, 2.24) is 9.55 Å². The molecule has 0 atom stereocenters. The second kappa shape index (κ2) is 3.34. The topological polar surface area (TPSA) is 43.8 Å². The van der Waals surface area contributed by atoms with Crippen molar-refractivity contribution in [2.24, 2.45) is 0 Å². The zero-order chi connectivity index (χ0) is 11.0. The van der Waals surface area contributed by atoms with Gasteiger partial charge in [-0.2, -0.15) is 0 Å². The van der Waals surface area contributed by atoms with E-state index in [9.17, 15) is 8.78 Å². The monoisotopic (exact) mass is 209 g/mol. The molecule has 0 bridgehead atoms. The minimum Gasteiger partial charge on any atom is -0.369 e. The number of hydrogen-bond acceptors (Lipinski definition) is 2. The summed E-state index contributed by atoms with van der Waals surface area (Å²) in [6.07, 6.45) is 1.59. The van der Waals surface area contributed by atoms with Gasteiger partial charge in [-0.05, 0) is 19.1 Å². The van der Waals surface area contributed by atoms with Crippen LogP contribution < -0.4 is 5.73 Å². The van der Waals surface area contributed by atoms with Crippen molar-refractivity contribution in [2.75, 3.05) is 5.73 Å². The fourth-order valence-electron chi connectivity index (χ4n) is 1.39. The Morgan fingerprint density at radius 2 is 2.07 bits per heavy atom. The zero-order valence-corrected chi connectivity index (χ0v) is 8.04. The molecule has 1 heterocycles. The first kappa shape index (κ1) is 9.64. The third-order valence-electron chi connectivity index (χ3n) is 2.02. The Labute approximate surface area is 85.2 Å². The van der Waals surface area contributed by atoms with Gasteiger partial charge in [-0.15, -0.1) is 0 Å². The maximum Gasteiger partial charge on any atom is 0.205 e. The lowest BCUT2D eigenvalue weighted by Gasteiger charge is -2.05. The highest BCUT2D eigenvalue weighted by Crippen LogP contribution is 2.18. The lowest BCUT2D eigenvalue weighted by Crippen LogP contribution is -2.02. The van der Waals surface area contributed by atoms with Crippen LogP contribution in [-0.2, 0) is 0 Å². The summed E-state index contributed by atoms with van der Waals surface area (Å²) in [5.74, 6) is -1.11. The van der Waals surface area contributed by atoms with Gasteiger partial charge in [0.05, 0.1) is 11.4 Å². The molecule has 0 spiro atoms. The van der Waals surface area contributed by atoms with Crippen LogP contribution in [0.15, 0.2) is 24.4 Å². The second-order valence-corrected chi connectivity index (χ2v) is 3.21. The molecule has 0 amide bonds. The molecule has 1 aromatic heterocycles. The molecule has 2 aromatic rings. The molecule has 3 nitrogen and oxygen atoms in total. The number of benzene rings is 1. The van der Waals surface area contributed by atoms with Gasteiger partial charge in [0.25, 0.3) is 0 Å². The molecule has 0 aliphatic rings. The largest absolute Gasteiger partial charge is 0.369 e. The first-order valence-corrected chi connectivity index (χ1v) is 4.35. The summed E-state index contributed by atoms with van der Waals surface area (Å²) in [5.41, 5.74) is 6.44. The second-order valence-electron chi connectivity index (χ2n) is 3.21. The van der Waals surface area contributed by atoms with Crippen molar-refractivity contribution in [1.29, 1.82) is 0 Å². The molecule has 2 rings (SSSR count). The molecule has 15 heavy (non-hydrogen) atoms. The van der Waals surface area contributed by atoms with Crippen LogP contribution >= 0.6 is 0 Å². The van der Waals surface area contributed by atoms with E-state index in [2.05, 4.69) is 4.98 Å².